The van der Waals surface area contributed by atoms with E-state index in [2.05, 4.69) is 5.16 Å². The first-order chi connectivity index (χ1) is 8.13. The van der Waals surface area contributed by atoms with Crippen LogP contribution in [0.2, 0.25) is 0 Å². The van der Waals surface area contributed by atoms with Crippen molar-refractivity contribution in [1.82, 2.24) is 5.16 Å². The number of nitrogens with zero attached hydrogens (tertiary/aromatic N) is 1. The Kier molecular flexibility index (Phi) is 2.20. The largest absolute Gasteiger partial charge is 0.482 e. The minimum absolute atomic E-state index is 0.327. The molecular formula is C13H12ClNO2. The van der Waals surface area contributed by atoms with Crippen LogP contribution < -0.4 is 4.74 Å². The molecule has 0 bridgehead atoms. The van der Waals surface area contributed by atoms with Crippen molar-refractivity contribution in [2.24, 2.45) is 0 Å². The second kappa shape index (κ2) is 3.50. The highest BCUT2D eigenvalue weighted by Gasteiger charge is 2.38. The number of aromatic nitrogens is 1. The fraction of sp³-hybridized carbons (Fsp3) is 0.308. The lowest BCUT2D eigenvalue weighted by atomic mass is 9.90. The van der Waals surface area contributed by atoms with E-state index in [9.17, 15) is 0 Å². The summed E-state index contributed by atoms with van der Waals surface area (Å²) in [6.45, 7) is 3.99. The van der Waals surface area contributed by atoms with Gasteiger partial charge in [0.2, 0.25) is 0 Å². The lowest BCUT2D eigenvalue weighted by molar-refractivity contribution is 0.103. The number of hydrogen-bond acceptors (Lipinski definition) is 3. The van der Waals surface area contributed by atoms with Crippen LogP contribution in [-0.4, -0.2) is 5.16 Å². The van der Waals surface area contributed by atoms with Gasteiger partial charge in [0.15, 0.2) is 5.76 Å². The third-order valence-corrected chi connectivity index (χ3v) is 3.24. The summed E-state index contributed by atoms with van der Waals surface area (Å²) >= 11 is 5.88. The Morgan fingerprint density at radius 1 is 1.29 bits per heavy atom. The number of ether oxygens (including phenoxy) is 1. The van der Waals surface area contributed by atoms with Crippen LogP contribution in [0.15, 0.2) is 28.8 Å². The molecule has 88 valence electrons. The third kappa shape index (κ3) is 1.46. The van der Waals surface area contributed by atoms with Crippen molar-refractivity contribution in [3.63, 3.8) is 0 Å². The molecule has 0 radical (unpaired) electrons. The molecule has 0 unspecified atom stereocenters. The molecule has 17 heavy (non-hydrogen) atoms. The molecule has 2 heterocycles. The number of fused-ring (bicyclic) bond motifs is 3. The minimum atomic E-state index is -0.464. The first-order valence-electron chi connectivity index (χ1n) is 5.47. The molecule has 0 saturated carbocycles. The molecule has 0 aliphatic carbocycles. The molecule has 0 N–H and O–H groups in total. The molecule has 4 heteroatoms. The van der Waals surface area contributed by atoms with E-state index in [1.54, 1.807) is 0 Å². The maximum atomic E-state index is 5.99. The van der Waals surface area contributed by atoms with Gasteiger partial charge in [0.05, 0.1) is 17.0 Å². The van der Waals surface area contributed by atoms with Gasteiger partial charge in [0.1, 0.15) is 17.0 Å². The summed E-state index contributed by atoms with van der Waals surface area (Å²) in [4.78, 5) is 0. The van der Waals surface area contributed by atoms with Gasteiger partial charge in [-0.25, -0.2) is 0 Å². The fourth-order valence-electron chi connectivity index (χ4n) is 2.29. The molecule has 0 amide bonds. The van der Waals surface area contributed by atoms with E-state index < -0.39 is 5.60 Å². The molecule has 0 spiro atoms. The fourth-order valence-corrected chi connectivity index (χ4v) is 2.47. The first kappa shape index (κ1) is 10.7. The highest BCUT2D eigenvalue weighted by molar-refractivity contribution is 6.17. The monoisotopic (exact) mass is 249 g/mol. The van der Waals surface area contributed by atoms with E-state index in [1.165, 1.54) is 0 Å². The highest BCUT2D eigenvalue weighted by Crippen LogP contribution is 2.46. The minimum Gasteiger partial charge on any atom is -0.482 e. The first-order valence-corrected chi connectivity index (χ1v) is 6.00. The smallest absolute Gasteiger partial charge is 0.178 e. The van der Waals surface area contributed by atoms with E-state index in [-0.39, 0.29) is 0 Å². The quantitative estimate of drug-likeness (QED) is 0.723. The Morgan fingerprint density at radius 3 is 2.82 bits per heavy atom. The molecule has 3 rings (SSSR count). The van der Waals surface area contributed by atoms with Crippen LogP contribution in [0.4, 0.5) is 0 Å². The zero-order valence-corrected chi connectivity index (χ0v) is 10.4. The van der Waals surface area contributed by atoms with E-state index >= 15 is 0 Å². The van der Waals surface area contributed by atoms with Crippen LogP contribution >= 0.6 is 11.6 Å². The second-order valence-corrected chi connectivity index (χ2v) is 4.84. The normalized spacial score (nSPS) is 15.9. The standard InChI is InChI=1S/C13H12ClNO2/c1-13(2)11-9(7-14)15-17-12(11)8-5-3-4-6-10(8)16-13/h3-6H,7H2,1-2H3. The van der Waals surface area contributed by atoms with Gasteiger partial charge in [-0.3, -0.25) is 0 Å². The maximum Gasteiger partial charge on any atom is 0.178 e. The van der Waals surface area contributed by atoms with Gasteiger partial charge in [-0.15, -0.1) is 11.6 Å². The van der Waals surface area contributed by atoms with Crippen LogP contribution in [0.1, 0.15) is 25.1 Å². The number of halogens is 1. The molecule has 2 aromatic rings. The van der Waals surface area contributed by atoms with Gasteiger partial charge in [-0.05, 0) is 26.0 Å². The molecule has 0 atom stereocenters. The predicted molar refractivity (Wildman–Crippen MR) is 65.2 cm³/mol. The summed E-state index contributed by atoms with van der Waals surface area (Å²) in [6.07, 6.45) is 0. The van der Waals surface area contributed by atoms with Gasteiger partial charge in [-0.2, -0.15) is 0 Å². The average molecular weight is 250 g/mol. The van der Waals surface area contributed by atoms with Crippen molar-refractivity contribution in [2.45, 2.75) is 25.3 Å². The SMILES string of the molecule is CC1(C)Oc2ccccc2-c2onc(CCl)c21. The number of para-hydroxylation sites is 1. The Bertz CT molecular complexity index is 575. The Morgan fingerprint density at radius 2 is 2.06 bits per heavy atom. The number of benzene rings is 1. The second-order valence-electron chi connectivity index (χ2n) is 4.58. The Labute approximate surface area is 104 Å². The third-order valence-electron chi connectivity index (χ3n) is 2.99. The molecule has 1 aromatic carbocycles. The van der Waals surface area contributed by atoms with Crippen molar-refractivity contribution in [2.75, 3.05) is 0 Å². The van der Waals surface area contributed by atoms with Crippen molar-refractivity contribution >= 4 is 11.6 Å². The Balaban J connectivity index is 2.31. The summed E-state index contributed by atoms with van der Waals surface area (Å²) < 4.78 is 11.4. The van der Waals surface area contributed by atoms with Crippen molar-refractivity contribution in [3.05, 3.63) is 35.5 Å². The van der Waals surface area contributed by atoms with Gasteiger partial charge < -0.3 is 9.26 Å². The molecule has 0 saturated heterocycles. The summed E-state index contributed by atoms with van der Waals surface area (Å²) in [5.41, 5.74) is 2.17. The average Bonchev–Trinajstić information content (AvgIpc) is 2.73. The predicted octanol–water partition coefficient (Wildman–Crippen LogP) is 3.71. The van der Waals surface area contributed by atoms with Crippen molar-refractivity contribution in [3.8, 4) is 17.1 Å². The van der Waals surface area contributed by atoms with Gasteiger partial charge in [0, 0.05) is 0 Å². The van der Waals surface area contributed by atoms with Crippen LogP contribution in [0.25, 0.3) is 11.3 Å². The van der Waals surface area contributed by atoms with Gasteiger partial charge in [-0.1, -0.05) is 17.3 Å². The van der Waals surface area contributed by atoms with Crippen LogP contribution in [0.5, 0.6) is 5.75 Å². The Hall–Kier alpha value is -1.48. The van der Waals surface area contributed by atoms with Gasteiger partial charge in [0.25, 0.3) is 0 Å². The van der Waals surface area contributed by atoms with Crippen molar-refractivity contribution in [1.29, 1.82) is 0 Å². The maximum absolute atomic E-state index is 5.99. The molecule has 1 aromatic heterocycles. The van der Waals surface area contributed by atoms with E-state index in [4.69, 9.17) is 20.9 Å². The summed E-state index contributed by atoms with van der Waals surface area (Å²) in [5.74, 6) is 1.92. The van der Waals surface area contributed by atoms with E-state index in [0.29, 0.717) is 5.88 Å². The van der Waals surface area contributed by atoms with Crippen LogP contribution in [0, 0.1) is 0 Å². The summed E-state index contributed by atoms with van der Waals surface area (Å²) in [7, 11) is 0. The molecule has 1 aliphatic heterocycles. The van der Waals surface area contributed by atoms with E-state index in [1.807, 2.05) is 38.1 Å². The molecule has 0 fully saturated rings. The van der Waals surface area contributed by atoms with Crippen LogP contribution in [0.3, 0.4) is 0 Å². The zero-order chi connectivity index (χ0) is 12.0. The lowest BCUT2D eigenvalue weighted by Gasteiger charge is -2.31. The zero-order valence-electron chi connectivity index (χ0n) is 9.66. The number of rotatable bonds is 1. The van der Waals surface area contributed by atoms with E-state index in [0.717, 1.165) is 28.3 Å². The van der Waals surface area contributed by atoms with Gasteiger partial charge >= 0.3 is 0 Å². The summed E-state index contributed by atoms with van der Waals surface area (Å²) in [6, 6.07) is 7.79. The summed E-state index contributed by atoms with van der Waals surface area (Å²) in [5, 5.41) is 4.02. The molecule has 1 aliphatic rings. The molecule has 3 nitrogen and oxygen atoms in total. The number of hydrogen-bond donors (Lipinski definition) is 0. The lowest BCUT2D eigenvalue weighted by Crippen LogP contribution is -2.29. The van der Waals surface area contributed by atoms with Crippen molar-refractivity contribution < 1.29 is 9.26 Å². The molecular weight excluding hydrogens is 238 g/mol. The topological polar surface area (TPSA) is 35.3 Å². The highest BCUT2D eigenvalue weighted by atomic mass is 35.5. The van der Waals surface area contributed by atoms with Crippen LogP contribution in [-0.2, 0) is 11.5 Å². The number of alkyl halides is 1.